The Kier molecular flexibility index (Phi) is 6.55. The van der Waals surface area contributed by atoms with Gasteiger partial charge in [-0.25, -0.2) is 0 Å². The van der Waals surface area contributed by atoms with Crippen LogP contribution in [0.4, 0.5) is 0 Å². The summed E-state index contributed by atoms with van der Waals surface area (Å²) in [6.07, 6.45) is 8.78. The van der Waals surface area contributed by atoms with Gasteiger partial charge in [0.05, 0.1) is 0 Å². The molecular weight excluding hydrogens is 356 g/mol. The fourth-order valence-corrected chi connectivity index (χ4v) is 5.02. The van der Waals surface area contributed by atoms with Crippen molar-refractivity contribution in [2.75, 3.05) is 0 Å². The van der Waals surface area contributed by atoms with Crippen molar-refractivity contribution in [3.8, 4) is 0 Å². The first-order valence-corrected chi connectivity index (χ1v) is 11.4. The highest BCUT2D eigenvalue weighted by molar-refractivity contribution is 8.10. The van der Waals surface area contributed by atoms with Gasteiger partial charge in [0, 0.05) is 10.3 Å². The molecule has 0 radical (unpaired) electrons. The number of hydrogen-bond donors (Lipinski definition) is 0. The number of fused-ring (bicyclic) bond motifs is 1. The zero-order chi connectivity index (χ0) is 20.3. The summed E-state index contributed by atoms with van der Waals surface area (Å²) in [4.78, 5) is 1.14. The first-order chi connectivity index (χ1) is 13.3. The van der Waals surface area contributed by atoms with Crippen LogP contribution < -0.4 is 0 Å². The van der Waals surface area contributed by atoms with Crippen molar-refractivity contribution in [3.63, 3.8) is 0 Å². The third-order valence-electron chi connectivity index (χ3n) is 6.15. The maximum atomic E-state index is 4.34. The Morgan fingerprint density at radius 1 is 0.893 bits per heavy atom. The topological polar surface area (TPSA) is 0 Å². The van der Waals surface area contributed by atoms with Crippen LogP contribution in [0.3, 0.4) is 0 Å². The van der Waals surface area contributed by atoms with Crippen molar-refractivity contribution >= 4 is 16.7 Å². The van der Waals surface area contributed by atoms with Gasteiger partial charge < -0.3 is 0 Å². The van der Waals surface area contributed by atoms with E-state index in [4.69, 9.17) is 0 Å². The molecule has 0 heterocycles. The minimum atomic E-state index is 0.00356. The van der Waals surface area contributed by atoms with Crippen LogP contribution in [0.5, 0.6) is 0 Å². The lowest BCUT2D eigenvalue weighted by molar-refractivity contribution is 0.664. The summed E-state index contributed by atoms with van der Waals surface area (Å²) in [6.45, 7) is 15.6. The molecule has 2 aromatic carbocycles. The second-order valence-electron chi connectivity index (χ2n) is 8.86. The molecule has 2 aromatic rings. The monoisotopic (exact) mass is 390 g/mol. The average molecular weight is 391 g/mol. The smallest absolute Gasteiger partial charge is 0.0116 e. The second-order valence-corrected chi connectivity index (χ2v) is 9.86. The SMILES string of the molecule is C=C(S/C=C/C(C)(C)c1cc(C)c(C)cc1C)c1ccc2c(c1)CCCCC2. The molecule has 0 amide bonds. The molecule has 0 atom stereocenters. The van der Waals surface area contributed by atoms with Crippen LogP contribution in [0, 0.1) is 20.8 Å². The van der Waals surface area contributed by atoms with Crippen LogP contribution >= 0.6 is 11.8 Å². The molecule has 0 saturated carbocycles. The van der Waals surface area contributed by atoms with E-state index in [1.54, 1.807) is 17.3 Å². The van der Waals surface area contributed by atoms with Crippen LogP contribution in [-0.4, -0.2) is 0 Å². The summed E-state index contributed by atoms with van der Waals surface area (Å²) in [5, 5.41) is 2.22. The molecule has 0 aliphatic heterocycles. The normalized spacial score (nSPS) is 14.8. The van der Waals surface area contributed by atoms with Gasteiger partial charge in [-0.1, -0.05) is 75.0 Å². The lowest BCUT2D eigenvalue weighted by Crippen LogP contribution is -2.15. The fraction of sp³-hybridized carbons (Fsp3) is 0.407. The second kappa shape index (κ2) is 8.74. The number of benzene rings is 2. The third-order valence-corrected chi connectivity index (χ3v) is 6.94. The molecule has 0 unspecified atom stereocenters. The van der Waals surface area contributed by atoms with E-state index in [0.717, 1.165) is 4.91 Å². The number of hydrogen-bond acceptors (Lipinski definition) is 1. The largest absolute Gasteiger partial charge is 0.0984 e. The molecule has 1 aliphatic rings. The van der Waals surface area contributed by atoms with Gasteiger partial charge in [0.25, 0.3) is 0 Å². The van der Waals surface area contributed by atoms with Crippen molar-refractivity contribution in [2.45, 2.75) is 72.1 Å². The number of rotatable bonds is 5. The Bertz CT molecular complexity index is 899. The quantitative estimate of drug-likeness (QED) is 0.465. The number of thioether (sulfide) groups is 1. The van der Waals surface area contributed by atoms with Crippen molar-refractivity contribution < 1.29 is 0 Å². The predicted molar refractivity (Wildman–Crippen MR) is 127 cm³/mol. The molecule has 0 bridgehead atoms. The molecule has 1 aliphatic carbocycles. The van der Waals surface area contributed by atoms with Crippen LogP contribution in [0.1, 0.15) is 72.1 Å². The zero-order valence-corrected chi connectivity index (χ0v) is 19.0. The summed E-state index contributed by atoms with van der Waals surface area (Å²) in [6, 6.07) is 11.6. The molecule has 1 heteroatoms. The van der Waals surface area contributed by atoms with Gasteiger partial charge in [0.15, 0.2) is 0 Å². The first-order valence-electron chi connectivity index (χ1n) is 10.5. The number of allylic oxidation sites excluding steroid dienone is 1. The predicted octanol–water partition coefficient (Wildman–Crippen LogP) is 8.08. The van der Waals surface area contributed by atoms with E-state index < -0.39 is 0 Å². The molecule has 0 N–H and O–H groups in total. The Morgan fingerprint density at radius 3 is 2.32 bits per heavy atom. The first kappa shape index (κ1) is 21.0. The van der Waals surface area contributed by atoms with E-state index in [1.165, 1.54) is 65.5 Å². The lowest BCUT2D eigenvalue weighted by Gasteiger charge is -2.24. The van der Waals surface area contributed by atoms with E-state index in [0.29, 0.717) is 0 Å². The summed E-state index contributed by atoms with van der Waals surface area (Å²) in [5.74, 6) is 0. The number of aryl methyl sites for hydroxylation is 5. The molecule has 28 heavy (non-hydrogen) atoms. The summed E-state index contributed by atoms with van der Waals surface area (Å²) >= 11 is 1.75. The van der Waals surface area contributed by atoms with Crippen LogP contribution in [0.25, 0.3) is 4.91 Å². The maximum absolute atomic E-state index is 4.34. The van der Waals surface area contributed by atoms with E-state index in [-0.39, 0.29) is 5.41 Å². The Balaban J connectivity index is 1.72. The molecule has 0 fully saturated rings. The van der Waals surface area contributed by atoms with Crippen molar-refractivity contribution in [3.05, 3.63) is 87.3 Å². The minimum Gasteiger partial charge on any atom is -0.0984 e. The third kappa shape index (κ3) is 4.81. The highest BCUT2D eigenvalue weighted by Crippen LogP contribution is 2.34. The van der Waals surface area contributed by atoms with Crippen molar-refractivity contribution in [1.82, 2.24) is 0 Å². The van der Waals surface area contributed by atoms with Gasteiger partial charge in [0.1, 0.15) is 0 Å². The molecule has 0 saturated heterocycles. The van der Waals surface area contributed by atoms with Crippen molar-refractivity contribution in [1.29, 1.82) is 0 Å². The van der Waals surface area contributed by atoms with Crippen LogP contribution in [0.15, 0.2) is 48.4 Å². The summed E-state index contributed by atoms with van der Waals surface area (Å²) in [5.41, 5.74) is 9.86. The molecular formula is C27H34S. The Hall–Kier alpha value is -1.73. The van der Waals surface area contributed by atoms with E-state index in [9.17, 15) is 0 Å². The van der Waals surface area contributed by atoms with Gasteiger partial charge in [0.2, 0.25) is 0 Å². The van der Waals surface area contributed by atoms with Gasteiger partial charge >= 0.3 is 0 Å². The molecule has 0 spiro atoms. The molecule has 3 rings (SSSR count). The maximum Gasteiger partial charge on any atom is 0.0116 e. The summed E-state index contributed by atoms with van der Waals surface area (Å²) < 4.78 is 0. The van der Waals surface area contributed by atoms with Crippen LogP contribution in [0.2, 0.25) is 0 Å². The Labute approximate surface area is 176 Å². The zero-order valence-electron chi connectivity index (χ0n) is 18.2. The van der Waals surface area contributed by atoms with Crippen LogP contribution in [-0.2, 0) is 18.3 Å². The van der Waals surface area contributed by atoms with E-state index in [1.807, 2.05) is 0 Å². The van der Waals surface area contributed by atoms with E-state index in [2.05, 4.69) is 83.0 Å². The Morgan fingerprint density at radius 2 is 1.57 bits per heavy atom. The highest BCUT2D eigenvalue weighted by Gasteiger charge is 2.20. The molecule has 148 valence electrons. The molecule has 0 nitrogen and oxygen atoms in total. The van der Waals surface area contributed by atoms with Crippen molar-refractivity contribution in [2.24, 2.45) is 0 Å². The van der Waals surface area contributed by atoms with Gasteiger partial charge in [-0.05, 0) is 90.8 Å². The standard InChI is InChI=1S/C27H34S/c1-19-16-21(3)26(17-20(19)2)27(5,6)14-15-28-22(4)24-13-12-23-10-8-7-9-11-25(23)18-24/h12-18H,4,7-11H2,1-3,5-6H3/b15-14+. The lowest BCUT2D eigenvalue weighted by atomic mass is 9.81. The van der Waals surface area contributed by atoms with E-state index >= 15 is 0 Å². The molecule has 0 aromatic heterocycles. The fourth-order valence-electron chi connectivity index (χ4n) is 4.18. The summed E-state index contributed by atoms with van der Waals surface area (Å²) in [7, 11) is 0. The van der Waals surface area contributed by atoms with Gasteiger partial charge in [-0.15, -0.1) is 0 Å². The average Bonchev–Trinajstić information content (AvgIpc) is 2.89. The van der Waals surface area contributed by atoms with Gasteiger partial charge in [-0.2, -0.15) is 0 Å². The van der Waals surface area contributed by atoms with Gasteiger partial charge in [-0.3, -0.25) is 0 Å². The minimum absolute atomic E-state index is 0.00356. The highest BCUT2D eigenvalue weighted by atomic mass is 32.2.